The van der Waals surface area contributed by atoms with E-state index in [0.29, 0.717) is 5.78 Å². The second-order valence-electron chi connectivity index (χ2n) is 4.49. The highest BCUT2D eigenvalue weighted by Crippen LogP contribution is 2.51. The molecule has 1 nitrogen and oxygen atoms in total. The summed E-state index contributed by atoms with van der Waals surface area (Å²) in [6.45, 7) is 8.65. The SMILES string of the molecule is CCC1(C)C(=O)CCC1(C)C. The first-order chi connectivity index (χ1) is 4.94. The molecule has 1 rings (SSSR count). The lowest BCUT2D eigenvalue weighted by Gasteiger charge is -2.35. The molecule has 0 radical (unpaired) electrons. The smallest absolute Gasteiger partial charge is 0.139 e. The van der Waals surface area contributed by atoms with E-state index in [1.54, 1.807) is 0 Å². The minimum Gasteiger partial charge on any atom is -0.299 e. The molecule has 0 spiro atoms. The van der Waals surface area contributed by atoms with Crippen LogP contribution in [0.1, 0.15) is 47.0 Å². The van der Waals surface area contributed by atoms with Gasteiger partial charge in [0.2, 0.25) is 0 Å². The Morgan fingerprint density at radius 2 is 1.91 bits per heavy atom. The first kappa shape index (κ1) is 8.76. The molecule has 1 aliphatic carbocycles. The molecule has 11 heavy (non-hydrogen) atoms. The van der Waals surface area contributed by atoms with Crippen molar-refractivity contribution in [3.05, 3.63) is 0 Å². The summed E-state index contributed by atoms with van der Waals surface area (Å²) in [5.41, 5.74) is 0.172. The predicted molar refractivity (Wildman–Crippen MR) is 46.4 cm³/mol. The second kappa shape index (κ2) is 2.33. The summed E-state index contributed by atoms with van der Waals surface area (Å²) < 4.78 is 0. The Kier molecular flexibility index (Phi) is 1.85. The van der Waals surface area contributed by atoms with Crippen molar-refractivity contribution in [1.82, 2.24) is 0 Å². The lowest BCUT2D eigenvalue weighted by molar-refractivity contribution is -0.128. The van der Waals surface area contributed by atoms with E-state index < -0.39 is 0 Å². The number of hydrogen-bond donors (Lipinski definition) is 0. The van der Waals surface area contributed by atoms with E-state index in [9.17, 15) is 4.79 Å². The Balaban J connectivity index is 2.97. The zero-order valence-corrected chi connectivity index (χ0v) is 8.03. The number of Topliss-reactive ketones (excluding diaryl/α,β-unsaturated/α-hetero) is 1. The molecule has 64 valence electrons. The Hall–Kier alpha value is -0.330. The van der Waals surface area contributed by atoms with Crippen LogP contribution in [-0.4, -0.2) is 5.78 Å². The standard InChI is InChI=1S/C10H18O/c1-5-10(4)8(11)6-7-9(10,2)3/h5-7H2,1-4H3. The molecule has 0 N–H and O–H groups in total. The molecule has 0 bridgehead atoms. The van der Waals surface area contributed by atoms with Gasteiger partial charge in [-0.05, 0) is 18.3 Å². The van der Waals surface area contributed by atoms with Crippen molar-refractivity contribution >= 4 is 5.78 Å². The molecule has 0 aromatic heterocycles. The minimum atomic E-state index is -0.0486. The molecule has 0 saturated heterocycles. The van der Waals surface area contributed by atoms with Gasteiger partial charge in [0, 0.05) is 11.8 Å². The van der Waals surface area contributed by atoms with E-state index in [2.05, 4.69) is 27.7 Å². The van der Waals surface area contributed by atoms with Crippen LogP contribution in [0.15, 0.2) is 0 Å². The van der Waals surface area contributed by atoms with Gasteiger partial charge in [-0.25, -0.2) is 0 Å². The summed E-state index contributed by atoms with van der Waals surface area (Å²) in [5, 5.41) is 0. The van der Waals surface area contributed by atoms with Crippen LogP contribution >= 0.6 is 0 Å². The number of hydrogen-bond acceptors (Lipinski definition) is 1. The Morgan fingerprint density at radius 3 is 2.09 bits per heavy atom. The molecule has 0 aromatic rings. The molecule has 1 atom stereocenters. The van der Waals surface area contributed by atoms with Gasteiger partial charge in [0.15, 0.2) is 0 Å². The number of carbonyl (C=O) groups excluding carboxylic acids is 1. The van der Waals surface area contributed by atoms with Gasteiger partial charge in [0.1, 0.15) is 5.78 Å². The number of carbonyl (C=O) groups is 1. The zero-order chi connectivity index (χ0) is 8.70. The van der Waals surface area contributed by atoms with E-state index in [-0.39, 0.29) is 10.8 Å². The molecular weight excluding hydrogens is 136 g/mol. The van der Waals surface area contributed by atoms with E-state index >= 15 is 0 Å². The molecule has 1 aliphatic rings. The molecule has 0 aliphatic heterocycles. The van der Waals surface area contributed by atoms with Crippen molar-refractivity contribution in [2.45, 2.75) is 47.0 Å². The van der Waals surface area contributed by atoms with Gasteiger partial charge in [0.25, 0.3) is 0 Å². The van der Waals surface area contributed by atoms with Gasteiger partial charge in [-0.1, -0.05) is 27.7 Å². The largest absolute Gasteiger partial charge is 0.299 e. The minimum absolute atomic E-state index is 0.0486. The topological polar surface area (TPSA) is 17.1 Å². The molecule has 1 saturated carbocycles. The lowest BCUT2D eigenvalue weighted by Crippen LogP contribution is -2.34. The van der Waals surface area contributed by atoms with Crippen LogP contribution in [-0.2, 0) is 4.79 Å². The average Bonchev–Trinajstić information content (AvgIpc) is 2.15. The van der Waals surface area contributed by atoms with Crippen molar-refractivity contribution in [1.29, 1.82) is 0 Å². The summed E-state index contributed by atoms with van der Waals surface area (Å²) in [5.74, 6) is 0.463. The van der Waals surface area contributed by atoms with Gasteiger partial charge in [-0.15, -0.1) is 0 Å². The fourth-order valence-electron chi connectivity index (χ4n) is 2.03. The maximum atomic E-state index is 11.5. The van der Waals surface area contributed by atoms with Crippen LogP contribution < -0.4 is 0 Å². The van der Waals surface area contributed by atoms with E-state index in [0.717, 1.165) is 19.3 Å². The molecule has 1 heteroatoms. The summed E-state index contributed by atoms with van der Waals surface area (Å²) >= 11 is 0. The first-order valence-electron chi connectivity index (χ1n) is 4.47. The fourth-order valence-corrected chi connectivity index (χ4v) is 2.03. The highest BCUT2D eigenvalue weighted by Gasteiger charge is 2.49. The number of ketones is 1. The first-order valence-corrected chi connectivity index (χ1v) is 4.47. The van der Waals surface area contributed by atoms with Crippen LogP contribution in [0.3, 0.4) is 0 Å². The van der Waals surface area contributed by atoms with Crippen LogP contribution in [0, 0.1) is 10.8 Å². The summed E-state index contributed by atoms with van der Waals surface area (Å²) in [6, 6.07) is 0. The molecular formula is C10H18O. The van der Waals surface area contributed by atoms with E-state index in [1.165, 1.54) is 0 Å². The van der Waals surface area contributed by atoms with Crippen LogP contribution in [0.25, 0.3) is 0 Å². The number of rotatable bonds is 1. The molecule has 0 amide bonds. The lowest BCUT2D eigenvalue weighted by atomic mass is 9.67. The summed E-state index contributed by atoms with van der Waals surface area (Å²) in [4.78, 5) is 11.5. The van der Waals surface area contributed by atoms with Crippen molar-refractivity contribution in [3.63, 3.8) is 0 Å². The Morgan fingerprint density at radius 1 is 1.36 bits per heavy atom. The highest BCUT2D eigenvalue weighted by molar-refractivity contribution is 5.87. The second-order valence-corrected chi connectivity index (χ2v) is 4.49. The monoisotopic (exact) mass is 154 g/mol. The van der Waals surface area contributed by atoms with Gasteiger partial charge in [0.05, 0.1) is 0 Å². The fraction of sp³-hybridized carbons (Fsp3) is 0.900. The predicted octanol–water partition coefficient (Wildman–Crippen LogP) is 2.79. The van der Waals surface area contributed by atoms with Crippen molar-refractivity contribution in [3.8, 4) is 0 Å². The third-order valence-corrected chi connectivity index (χ3v) is 3.79. The maximum Gasteiger partial charge on any atom is 0.139 e. The summed E-state index contributed by atoms with van der Waals surface area (Å²) in [6.07, 6.45) is 2.84. The van der Waals surface area contributed by atoms with Gasteiger partial charge in [-0.3, -0.25) is 4.79 Å². The van der Waals surface area contributed by atoms with Crippen LogP contribution in [0.2, 0.25) is 0 Å². The van der Waals surface area contributed by atoms with E-state index in [1.807, 2.05) is 0 Å². The maximum absolute atomic E-state index is 11.5. The third-order valence-electron chi connectivity index (χ3n) is 3.79. The Bertz CT molecular complexity index is 181. The molecule has 1 unspecified atom stereocenters. The normalized spacial score (nSPS) is 36.2. The van der Waals surface area contributed by atoms with Gasteiger partial charge >= 0.3 is 0 Å². The third kappa shape index (κ3) is 1.02. The van der Waals surface area contributed by atoms with Gasteiger partial charge in [-0.2, -0.15) is 0 Å². The van der Waals surface area contributed by atoms with Crippen LogP contribution in [0.5, 0.6) is 0 Å². The summed E-state index contributed by atoms with van der Waals surface area (Å²) in [7, 11) is 0. The molecule has 0 aromatic carbocycles. The van der Waals surface area contributed by atoms with E-state index in [4.69, 9.17) is 0 Å². The van der Waals surface area contributed by atoms with Crippen LogP contribution in [0.4, 0.5) is 0 Å². The quantitative estimate of drug-likeness (QED) is 0.567. The average molecular weight is 154 g/mol. The zero-order valence-electron chi connectivity index (χ0n) is 8.03. The molecule has 1 fully saturated rings. The Labute approximate surface area is 69.2 Å². The van der Waals surface area contributed by atoms with Gasteiger partial charge < -0.3 is 0 Å². The van der Waals surface area contributed by atoms with Crippen molar-refractivity contribution in [2.75, 3.05) is 0 Å². The van der Waals surface area contributed by atoms with Crippen molar-refractivity contribution in [2.24, 2.45) is 10.8 Å². The highest BCUT2D eigenvalue weighted by atomic mass is 16.1. The molecule has 0 heterocycles. The van der Waals surface area contributed by atoms with Crippen molar-refractivity contribution < 1.29 is 4.79 Å².